The van der Waals surface area contributed by atoms with E-state index in [2.05, 4.69) is 16.5 Å². The van der Waals surface area contributed by atoms with Crippen LogP contribution in [0.15, 0.2) is 24.3 Å². The number of hydrogen-bond donors (Lipinski definition) is 2. The molecule has 3 N–H and O–H groups in total. The van der Waals surface area contributed by atoms with Gasteiger partial charge in [0.15, 0.2) is 0 Å². The van der Waals surface area contributed by atoms with Crippen LogP contribution in [0.5, 0.6) is 0 Å². The molecule has 0 spiro atoms. The van der Waals surface area contributed by atoms with Gasteiger partial charge in [-0.15, -0.1) is 0 Å². The lowest BCUT2D eigenvalue weighted by atomic mass is 10.1. The van der Waals surface area contributed by atoms with Gasteiger partial charge in [-0.1, -0.05) is 31.2 Å². The van der Waals surface area contributed by atoms with Crippen LogP contribution in [0.3, 0.4) is 0 Å². The number of benzene rings is 1. The average Bonchev–Trinajstić information content (AvgIpc) is 2.93. The third kappa shape index (κ3) is 4.51. The Hall–Kier alpha value is -0.950. The van der Waals surface area contributed by atoms with Crippen LogP contribution in [0.1, 0.15) is 30.9 Å². The zero-order valence-corrected chi connectivity index (χ0v) is 13.4. The SMILES string of the molecule is CCN1CCCC1CNS(=O)(=O)Cc1ccccc1CN. The molecule has 6 heteroatoms. The van der Waals surface area contributed by atoms with Crippen molar-refractivity contribution in [3.8, 4) is 0 Å². The molecule has 0 bridgehead atoms. The van der Waals surface area contributed by atoms with Crippen LogP contribution >= 0.6 is 0 Å². The van der Waals surface area contributed by atoms with Gasteiger partial charge in [-0.3, -0.25) is 4.90 Å². The molecule has 2 rings (SSSR count). The van der Waals surface area contributed by atoms with Gasteiger partial charge in [-0.25, -0.2) is 13.1 Å². The van der Waals surface area contributed by atoms with Crippen molar-refractivity contribution < 1.29 is 8.42 Å². The number of likely N-dealkylation sites (N-methyl/N-ethyl adjacent to an activating group) is 1. The maximum atomic E-state index is 12.2. The van der Waals surface area contributed by atoms with E-state index >= 15 is 0 Å². The second-order valence-electron chi connectivity index (χ2n) is 5.51. The fraction of sp³-hybridized carbons (Fsp3) is 0.600. The summed E-state index contributed by atoms with van der Waals surface area (Å²) < 4.78 is 27.3. The molecule has 1 aromatic rings. The predicted molar refractivity (Wildman–Crippen MR) is 85.2 cm³/mol. The van der Waals surface area contributed by atoms with Crippen molar-refractivity contribution in [1.82, 2.24) is 9.62 Å². The lowest BCUT2D eigenvalue weighted by Gasteiger charge is -2.23. The molecule has 0 aromatic heterocycles. The predicted octanol–water partition coefficient (Wildman–Crippen LogP) is 1.05. The van der Waals surface area contributed by atoms with Crippen molar-refractivity contribution in [2.45, 2.75) is 38.1 Å². The van der Waals surface area contributed by atoms with Crippen molar-refractivity contribution in [2.75, 3.05) is 19.6 Å². The molecule has 1 saturated heterocycles. The van der Waals surface area contributed by atoms with E-state index in [1.54, 1.807) is 0 Å². The zero-order valence-electron chi connectivity index (χ0n) is 12.6. The fourth-order valence-electron chi connectivity index (χ4n) is 2.92. The highest BCUT2D eigenvalue weighted by molar-refractivity contribution is 7.88. The summed E-state index contributed by atoms with van der Waals surface area (Å²) in [6.45, 7) is 5.02. The van der Waals surface area contributed by atoms with Gasteiger partial charge in [-0.05, 0) is 37.1 Å². The number of nitrogens with two attached hydrogens (primary N) is 1. The molecule has 21 heavy (non-hydrogen) atoms. The topological polar surface area (TPSA) is 75.4 Å². The lowest BCUT2D eigenvalue weighted by molar-refractivity contribution is 0.268. The van der Waals surface area contributed by atoms with Gasteiger partial charge in [0.1, 0.15) is 0 Å². The Labute approximate surface area is 127 Å². The molecule has 0 aliphatic carbocycles. The summed E-state index contributed by atoms with van der Waals surface area (Å²) in [5.74, 6) is -0.000775. The second kappa shape index (κ2) is 7.35. The van der Waals surface area contributed by atoms with E-state index in [0.717, 1.165) is 37.1 Å². The zero-order chi connectivity index (χ0) is 15.3. The van der Waals surface area contributed by atoms with Gasteiger partial charge in [0.25, 0.3) is 0 Å². The monoisotopic (exact) mass is 311 g/mol. The molecule has 1 aromatic carbocycles. The summed E-state index contributed by atoms with van der Waals surface area (Å²) in [6.07, 6.45) is 2.21. The summed E-state index contributed by atoms with van der Waals surface area (Å²) in [6, 6.07) is 7.76. The van der Waals surface area contributed by atoms with Gasteiger partial charge in [0.2, 0.25) is 10.0 Å². The standard InChI is InChI=1S/C15H25N3O2S/c1-2-18-9-5-8-15(18)11-17-21(19,20)12-14-7-4-3-6-13(14)10-16/h3-4,6-7,15,17H,2,5,8-12,16H2,1H3. The summed E-state index contributed by atoms with van der Waals surface area (Å²) in [4.78, 5) is 2.33. The van der Waals surface area contributed by atoms with Crippen LogP contribution in [-0.2, 0) is 22.3 Å². The van der Waals surface area contributed by atoms with E-state index < -0.39 is 10.0 Å². The molecule has 118 valence electrons. The molecular weight excluding hydrogens is 286 g/mol. The van der Waals surface area contributed by atoms with E-state index in [1.807, 2.05) is 24.3 Å². The maximum Gasteiger partial charge on any atom is 0.215 e. The third-order valence-corrected chi connectivity index (χ3v) is 5.43. The molecule has 0 radical (unpaired) electrons. The third-order valence-electron chi connectivity index (χ3n) is 4.13. The summed E-state index contributed by atoms with van der Waals surface area (Å²) >= 11 is 0. The van der Waals surface area contributed by atoms with Crippen LogP contribution in [0.4, 0.5) is 0 Å². The Morgan fingerprint density at radius 3 is 2.71 bits per heavy atom. The molecule has 1 aliphatic rings. The second-order valence-corrected chi connectivity index (χ2v) is 7.31. The van der Waals surface area contributed by atoms with Gasteiger partial charge in [0.05, 0.1) is 5.75 Å². The summed E-state index contributed by atoms with van der Waals surface area (Å²) in [5, 5.41) is 0. The molecule has 0 saturated carbocycles. The van der Waals surface area contributed by atoms with E-state index in [-0.39, 0.29) is 5.75 Å². The van der Waals surface area contributed by atoms with E-state index in [1.165, 1.54) is 0 Å². The quantitative estimate of drug-likeness (QED) is 0.789. The van der Waals surface area contributed by atoms with Crippen molar-refractivity contribution in [3.05, 3.63) is 35.4 Å². The smallest absolute Gasteiger partial charge is 0.215 e. The maximum absolute atomic E-state index is 12.2. The van der Waals surface area contributed by atoms with Gasteiger partial charge < -0.3 is 5.73 Å². The van der Waals surface area contributed by atoms with Crippen molar-refractivity contribution in [2.24, 2.45) is 5.73 Å². The van der Waals surface area contributed by atoms with Crippen molar-refractivity contribution in [3.63, 3.8) is 0 Å². The average molecular weight is 311 g/mol. The molecule has 1 fully saturated rings. The molecule has 0 amide bonds. The minimum atomic E-state index is -3.32. The van der Waals surface area contributed by atoms with E-state index in [9.17, 15) is 8.42 Å². The number of hydrogen-bond acceptors (Lipinski definition) is 4. The highest BCUT2D eigenvalue weighted by atomic mass is 32.2. The number of nitrogens with one attached hydrogen (secondary N) is 1. The van der Waals surface area contributed by atoms with Crippen LogP contribution in [0, 0.1) is 0 Å². The molecule has 1 heterocycles. The van der Waals surface area contributed by atoms with Crippen LogP contribution in [0.25, 0.3) is 0 Å². The minimum Gasteiger partial charge on any atom is -0.326 e. The summed E-state index contributed by atoms with van der Waals surface area (Å²) in [5.41, 5.74) is 7.33. The van der Waals surface area contributed by atoms with E-state index in [4.69, 9.17) is 5.73 Å². The Balaban J connectivity index is 1.96. The highest BCUT2D eigenvalue weighted by Crippen LogP contribution is 2.16. The minimum absolute atomic E-state index is 0.000775. The number of rotatable bonds is 7. The summed E-state index contributed by atoms with van der Waals surface area (Å²) in [7, 11) is -3.32. The van der Waals surface area contributed by atoms with Gasteiger partial charge in [0, 0.05) is 19.1 Å². The molecule has 1 aliphatic heterocycles. The normalized spacial score (nSPS) is 20.0. The van der Waals surface area contributed by atoms with Gasteiger partial charge in [-0.2, -0.15) is 0 Å². The van der Waals surface area contributed by atoms with Crippen molar-refractivity contribution in [1.29, 1.82) is 0 Å². The Morgan fingerprint density at radius 1 is 1.33 bits per heavy atom. The van der Waals surface area contributed by atoms with Crippen LogP contribution in [0.2, 0.25) is 0 Å². The molecular formula is C15H25N3O2S. The number of likely N-dealkylation sites (tertiary alicyclic amines) is 1. The van der Waals surface area contributed by atoms with Crippen molar-refractivity contribution >= 4 is 10.0 Å². The van der Waals surface area contributed by atoms with Crippen LogP contribution in [-0.4, -0.2) is 39.0 Å². The van der Waals surface area contributed by atoms with E-state index in [0.29, 0.717) is 19.1 Å². The molecule has 5 nitrogen and oxygen atoms in total. The van der Waals surface area contributed by atoms with Crippen LogP contribution < -0.4 is 10.5 Å². The Morgan fingerprint density at radius 2 is 2.05 bits per heavy atom. The molecule has 1 atom stereocenters. The first-order valence-electron chi connectivity index (χ1n) is 7.54. The largest absolute Gasteiger partial charge is 0.326 e. The first kappa shape index (κ1) is 16.4. The first-order valence-corrected chi connectivity index (χ1v) is 9.19. The lowest BCUT2D eigenvalue weighted by Crippen LogP contribution is -2.40. The first-order chi connectivity index (χ1) is 10.1. The van der Waals surface area contributed by atoms with Gasteiger partial charge >= 0.3 is 0 Å². The molecule has 1 unspecified atom stereocenters. The highest BCUT2D eigenvalue weighted by Gasteiger charge is 2.24. The Bertz CT molecular complexity index is 560. The fourth-order valence-corrected chi connectivity index (χ4v) is 4.16. The Kier molecular flexibility index (Phi) is 5.75. The number of sulfonamides is 1. The number of nitrogens with zero attached hydrogens (tertiary/aromatic N) is 1.